The first-order chi connectivity index (χ1) is 15.5. The minimum Gasteiger partial charge on any atom is -0.489 e. The van der Waals surface area contributed by atoms with Gasteiger partial charge in [-0.05, 0) is 69.3 Å². The average Bonchev–Trinajstić information content (AvgIpc) is 3.32. The van der Waals surface area contributed by atoms with E-state index in [1.807, 2.05) is 48.2 Å². The molecule has 2 aromatic carbocycles. The van der Waals surface area contributed by atoms with Crippen LogP contribution in [0.5, 0.6) is 5.75 Å². The van der Waals surface area contributed by atoms with Crippen molar-refractivity contribution in [3.63, 3.8) is 0 Å². The summed E-state index contributed by atoms with van der Waals surface area (Å²) in [5.74, 6) is -0.458. The first-order valence-corrected chi connectivity index (χ1v) is 11.4. The van der Waals surface area contributed by atoms with Crippen molar-refractivity contribution in [1.29, 1.82) is 0 Å². The van der Waals surface area contributed by atoms with Crippen molar-refractivity contribution < 1.29 is 24.2 Å². The van der Waals surface area contributed by atoms with Crippen LogP contribution in [0.1, 0.15) is 43.7 Å². The number of esters is 1. The van der Waals surface area contributed by atoms with E-state index in [4.69, 9.17) is 14.6 Å². The number of carbonyl (C=O) groups excluding carboxylic acids is 1. The molecule has 32 heavy (non-hydrogen) atoms. The summed E-state index contributed by atoms with van der Waals surface area (Å²) in [6.07, 6.45) is 3.62. The molecule has 0 aromatic heterocycles. The van der Waals surface area contributed by atoms with Gasteiger partial charge in [0.05, 0.1) is 0 Å². The molecule has 1 saturated heterocycles. The van der Waals surface area contributed by atoms with Crippen LogP contribution in [-0.2, 0) is 27.2 Å². The summed E-state index contributed by atoms with van der Waals surface area (Å²) in [6, 6.07) is 17.8. The zero-order valence-electron chi connectivity index (χ0n) is 18.7. The molecule has 0 amide bonds. The topological polar surface area (TPSA) is 76.1 Å². The summed E-state index contributed by atoms with van der Waals surface area (Å²) in [6.45, 7) is 3.67. The van der Waals surface area contributed by atoms with Gasteiger partial charge in [0.15, 0.2) is 0 Å². The van der Waals surface area contributed by atoms with E-state index >= 15 is 0 Å². The monoisotopic (exact) mass is 439 g/mol. The number of nitrogens with zero attached hydrogens (tertiary/aromatic N) is 1. The quantitative estimate of drug-likeness (QED) is 0.502. The van der Waals surface area contributed by atoms with E-state index in [-0.39, 0.29) is 25.4 Å². The standard InChI is InChI=1S/C26H33NO5/c1-20(32-26(30)23(15-16-25(28)29)27-17-7-8-18-27)19-31-24-12-6-5-11-22(24)14-13-21-9-3-2-4-10-21/h2-6,9-12,20,23H,7-8,13-19H2,1H3,(H,28,29). The highest BCUT2D eigenvalue weighted by Crippen LogP contribution is 2.21. The number of benzene rings is 2. The molecule has 0 bridgehead atoms. The van der Waals surface area contributed by atoms with Crippen LogP contribution in [0.3, 0.4) is 0 Å². The molecular weight excluding hydrogens is 406 g/mol. The Hall–Kier alpha value is -2.86. The van der Waals surface area contributed by atoms with Crippen molar-refractivity contribution in [2.75, 3.05) is 19.7 Å². The number of aliphatic carboxylic acids is 1. The molecule has 0 aliphatic carbocycles. The van der Waals surface area contributed by atoms with E-state index in [0.29, 0.717) is 0 Å². The van der Waals surface area contributed by atoms with Gasteiger partial charge in [-0.25, -0.2) is 0 Å². The largest absolute Gasteiger partial charge is 0.489 e. The molecule has 0 saturated carbocycles. The summed E-state index contributed by atoms with van der Waals surface area (Å²) >= 11 is 0. The van der Waals surface area contributed by atoms with Crippen molar-refractivity contribution in [1.82, 2.24) is 4.90 Å². The summed E-state index contributed by atoms with van der Waals surface area (Å²) in [5, 5.41) is 9.03. The fourth-order valence-corrected chi connectivity index (χ4v) is 4.06. The Labute approximate surface area is 190 Å². The molecule has 0 spiro atoms. The number of hydrogen-bond acceptors (Lipinski definition) is 5. The second-order valence-corrected chi connectivity index (χ2v) is 8.34. The predicted octanol–water partition coefficient (Wildman–Crippen LogP) is 4.11. The van der Waals surface area contributed by atoms with E-state index in [2.05, 4.69) is 18.2 Å². The molecule has 1 N–H and O–H groups in total. The summed E-state index contributed by atoms with van der Waals surface area (Å²) in [4.78, 5) is 25.8. The SMILES string of the molecule is CC(COc1ccccc1CCc1ccccc1)OC(=O)C(CCC(=O)O)N1CCCC1. The van der Waals surface area contributed by atoms with Crippen LogP contribution in [0.15, 0.2) is 54.6 Å². The minimum absolute atomic E-state index is 0.0457. The van der Waals surface area contributed by atoms with Crippen molar-refractivity contribution in [2.24, 2.45) is 0 Å². The number of carboxylic acid groups (broad SMARTS) is 1. The van der Waals surface area contributed by atoms with Crippen molar-refractivity contribution >= 4 is 11.9 Å². The lowest BCUT2D eigenvalue weighted by molar-refractivity contribution is -0.156. The van der Waals surface area contributed by atoms with Crippen molar-refractivity contribution in [3.8, 4) is 5.75 Å². The third-order valence-electron chi connectivity index (χ3n) is 5.77. The molecule has 6 heteroatoms. The van der Waals surface area contributed by atoms with Crippen LogP contribution < -0.4 is 4.74 Å². The van der Waals surface area contributed by atoms with Gasteiger partial charge in [0.25, 0.3) is 0 Å². The van der Waals surface area contributed by atoms with Crippen LogP contribution in [-0.4, -0.2) is 53.8 Å². The van der Waals surface area contributed by atoms with Crippen LogP contribution in [0.25, 0.3) is 0 Å². The first-order valence-electron chi connectivity index (χ1n) is 11.4. The number of aryl methyl sites for hydroxylation is 2. The van der Waals surface area contributed by atoms with Gasteiger partial charge in [-0.3, -0.25) is 14.5 Å². The molecule has 172 valence electrons. The maximum Gasteiger partial charge on any atom is 0.323 e. The van der Waals surface area contributed by atoms with E-state index in [9.17, 15) is 9.59 Å². The third kappa shape index (κ3) is 7.38. The Bertz CT molecular complexity index is 864. The molecule has 2 unspecified atom stereocenters. The van der Waals surface area contributed by atoms with Gasteiger partial charge in [-0.1, -0.05) is 48.5 Å². The normalized spacial score (nSPS) is 15.8. The third-order valence-corrected chi connectivity index (χ3v) is 5.77. The fourth-order valence-electron chi connectivity index (χ4n) is 4.06. The Morgan fingerprint density at radius 3 is 2.41 bits per heavy atom. The fraction of sp³-hybridized carbons (Fsp3) is 0.462. The highest BCUT2D eigenvalue weighted by molar-refractivity contribution is 5.77. The molecule has 1 fully saturated rings. The zero-order chi connectivity index (χ0) is 22.8. The van der Waals surface area contributed by atoms with Crippen LogP contribution in [0.4, 0.5) is 0 Å². The summed E-state index contributed by atoms with van der Waals surface area (Å²) in [7, 11) is 0. The predicted molar refractivity (Wildman–Crippen MR) is 123 cm³/mol. The molecular formula is C26H33NO5. The number of rotatable bonds is 12. The number of likely N-dealkylation sites (tertiary alicyclic amines) is 1. The van der Waals surface area contributed by atoms with Gasteiger partial charge >= 0.3 is 11.9 Å². The molecule has 1 aliphatic heterocycles. The smallest absolute Gasteiger partial charge is 0.323 e. The van der Waals surface area contributed by atoms with E-state index < -0.39 is 18.1 Å². The van der Waals surface area contributed by atoms with Gasteiger partial charge in [-0.15, -0.1) is 0 Å². The number of hydrogen-bond donors (Lipinski definition) is 1. The number of para-hydroxylation sites is 1. The highest BCUT2D eigenvalue weighted by atomic mass is 16.6. The summed E-state index contributed by atoms with van der Waals surface area (Å²) < 4.78 is 11.7. The average molecular weight is 440 g/mol. The van der Waals surface area contributed by atoms with Crippen molar-refractivity contribution in [2.45, 2.75) is 57.6 Å². The first kappa shape index (κ1) is 23.8. The number of carboxylic acids is 1. The van der Waals surface area contributed by atoms with E-state index in [1.165, 1.54) is 5.56 Å². The lowest BCUT2D eigenvalue weighted by Gasteiger charge is -2.27. The molecule has 2 atom stereocenters. The lowest BCUT2D eigenvalue weighted by atomic mass is 10.0. The second kappa shape index (κ2) is 12.2. The molecule has 1 heterocycles. The van der Waals surface area contributed by atoms with Crippen LogP contribution >= 0.6 is 0 Å². The molecule has 3 rings (SSSR count). The van der Waals surface area contributed by atoms with E-state index in [1.54, 1.807) is 0 Å². The minimum atomic E-state index is -0.898. The number of carbonyl (C=O) groups is 2. The maximum atomic E-state index is 12.8. The molecule has 6 nitrogen and oxygen atoms in total. The van der Waals surface area contributed by atoms with Gasteiger partial charge in [-0.2, -0.15) is 0 Å². The Balaban J connectivity index is 1.52. The van der Waals surface area contributed by atoms with Crippen LogP contribution in [0.2, 0.25) is 0 Å². The van der Waals surface area contributed by atoms with Crippen molar-refractivity contribution in [3.05, 3.63) is 65.7 Å². The Kier molecular flexibility index (Phi) is 9.11. The molecule has 2 aromatic rings. The molecule has 1 aliphatic rings. The zero-order valence-corrected chi connectivity index (χ0v) is 18.7. The van der Waals surface area contributed by atoms with Gasteiger partial charge in [0.2, 0.25) is 0 Å². The van der Waals surface area contributed by atoms with Gasteiger partial charge in [0, 0.05) is 6.42 Å². The summed E-state index contributed by atoms with van der Waals surface area (Å²) in [5.41, 5.74) is 2.39. The second-order valence-electron chi connectivity index (χ2n) is 8.34. The maximum absolute atomic E-state index is 12.8. The lowest BCUT2D eigenvalue weighted by Crippen LogP contribution is -2.42. The van der Waals surface area contributed by atoms with E-state index in [0.717, 1.165) is 50.1 Å². The Morgan fingerprint density at radius 2 is 1.69 bits per heavy atom. The highest BCUT2D eigenvalue weighted by Gasteiger charge is 2.30. The van der Waals surface area contributed by atoms with Gasteiger partial charge in [0.1, 0.15) is 24.5 Å². The van der Waals surface area contributed by atoms with Crippen LogP contribution in [0, 0.1) is 0 Å². The Morgan fingerprint density at radius 1 is 1.00 bits per heavy atom. The van der Waals surface area contributed by atoms with Gasteiger partial charge < -0.3 is 14.6 Å². The number of ether oxygens (including phenoxy) is 2. The molecule has 0 radical (unpaired) electrons.